The highest BCUT2D eigenvalue weighted by Gasteiger charge is 2.45. The number of ether oxygens (including phenoxy) is 2. The van der Waals surface area contributed by atoms with Crippen molar-refractivity contribution >= 4 is 0 Å². The van der Waals surface area contributed by atoms with Crippen LogP contribution < -0.4 is 9.47 Å². The molecule has 0 N–H and O–H groups in total. The number of piperidine rings is 1. The first-order valence-corrected chi connectivity index (χ1v) is 10.3. The van der Waals surface area contributed by atoms with Gasteiger partial charge in [0.05, 0.1) is 37.9 Å². The van der Waals surface area contributed by atoms with E-state index in [0.29, 0.717) is 5.75 Å². The van der Waals surface area contributed by atoms with Gasteiger partial charge in [0.2, 0.25) is 0 Å². The van der Waals surface area contributed by atoms with Crippen LogP contribution in [0.25, 0.3) is 22.4 Å². The van der Waals surface area contributed by atoms with Crippen molar-refractivity contribution < 1.29 is 9.47 Å². The van der Waals surface area contributed by atoms with Crippen LogP contribution in [-0.4, -0.2) is 59.1 Å². The molecule has 0 saturated carbocycles. The molecule has 0 spiro atoms. The molecular formula is C23H25N5O2. The van der Waals surface area contributed by atoms with Gasteiger partial charge in [0, 0.05) is 23.1 Å². The van der Waals surface area contributed by atoms with Crippen LogP contribution in [0.3, 0.4) is 0 Å². The second-order valence-corrected chi connectivity index (χ2v) is 8.04. The zero-order valence-corrected chi connectivity index (χ0v) is 17.3. The summed E-state index contributed by atoms with van der Waals surface area (Å²) < 4.78 is 11.4. The van der Waals surface area contributed by atoms with Crippen molar-refractivity contribution in [2.75, 3.05) is 33.9 Å². The predicted octanol–water partition coefficient (Wildman–Crippen LogP) is 3.36. The topological polar surface area (TPSA) is 73.3 Å². The number of fused-ring (bicyclic) bond motifs is 2. The van der Waals surface area contributed by atoms with Gasteiger partial charge >= 0.3 is 0 Å². The van der Waals surface area contributed by atoms with E-state index in [0.717, 1.165) is 59.8 Å². The normalized spacial score (nSPS) is 22.7. The lowest BCUT2D eigenvalue weighted by molar-refractivity contribution is 0.239. The van der Waals surface area contributed by atoms with Crippen molar-refractivity contribution in [1.29, 1.82) is 0 Å². The first kappa shape index (κ1) is 18.9. The smallest absolute Gasteiger partial charge is 0.149 e. The number of rotatable bonds is 5. The summed E-state index contributed by atoms with van der Waals surface area (Å²) in [5.74, 6) is 1.41. The van der Waals surface area contributed by atoms with Gasteiger partial charge in [-0.25, -0.2) is 0 Å². The van der Waals surface area contributed by atoms with Crippen LogP contribution in [0.5, 0.6) is 11.5 Å². The van der Waals surface area contributed by atoms with E-state index in [-0.39, 0.29) is 5.41 Å². The molecule has 4 heterocycles. The fourth-order valence-corrected chi connectivity index (χ4v) is 5.05. The lowest BCUT2D eigenvalue weighted by Crippen LogP contribution is -2.38. The van der Waals surface area contributed by atoms with Gasteiger partial charge in [0.1, 0.15) is 17.2 Å². The summed E-state index contributed by atoms with van der Waals surface area (Å²) in [7, 11) is 3.33. The molecule has 30 heavy (non-hydrogen) atoms. The Labute approximate surface area is 176 Å². The third-order valence-corrected chi connectivity index (χ3v) is 6.45. The fraction of sp³-hybridized carbons (Fsp3) is 0.391. The van der Waals surface area contributed by atoms with Gasteiger partial charge in [-0.1, -0.05) is 18.2 Å². The van der Waals surface area contributed by atoms with E-state index in [9.17, 15) is 0 Å². The zero-order chi connectivity index (χ0) is 20.6. The molecule has 0 radical (unpaired) electrons. The molecule has 2 saturated heterocycles. The van der Waals surface area contributed by atoms with Gasteiger partial charge in [-0.3, -0.25) is 0 Å². The van der Waals surface area contributed by atoms with Gasteiger partial charge in [0.25, 0.3) is 0 Å². The van der Waals surface area contributed by atoms with E-state index >= 15 is 0 Å². The SMILES string of the molecule is COc1ccccc1-c1c(OC)cnnc1-c1ccnnc1C12CCCN(CC1)C2. The number of nitrogens with zero attached hydrogens (tertiary/aromatic N) is 5. The molecule has 3 aromatic rings. The van der Waals surface area contributed by atoms with E-state index in [1.54, 1.807) is 26.6 Å². The number of hydrogen-bond donors (Lipinski definition) is 0. The summed E-state index contributed by atoms with van der Waals surface area (Å²) in [5.41, 5.74) is 4.54. The minimum atomic E-state index is 0.0185. The van der Waals surface area contributed by atoms with Crippen molar-refractivity contribution in [1.82, 2.24) is 25.3 Å². The molecule has 2 unspecified atom stereocenters. The van der Waals surface area contributed by atoms with E-state index in [1.165, 1.54) is 13.0 Å². The molecular weight excluding hydrogens is 378 g/mol. The first-order chi connectivity index (χ1) is 14.8. The van der Waals surface area contributed by atoms with Gasteiger partial charge in [-0.15, -0.1) is 5.10 Å². The van der Waals surface area contributed by atoms with E-state index in [2.05, 4.69) is 25.3 Å². The molecule has 7 nitrogen and oxygen atoms in total. The van der Waals surface area contributed by atoms with Gasteiger partial charge in [-0.2, -0.15) is 15.3 Å². The Morgan fingerprint density at radius 2 is 1.77 bits per heavy atom. The summed E-state index contributed by atoms with van der Waals surface area (Å²) in [6.45, 7) is 3.31. The molecule has 2 atom stereocenters. The Balaban J connectivity index is 1.74. The van der Waals surface area contributed by atoms with E-state index < -0.39 is 0 Å². The maximum absolute atomic E-state index is 5.70. The van der Waals surface area contributed by atoms with Crippen LogP contribution in [0, 0.1) is 0 Å². The fourth-order valence-electron chi connectivity index (χ4n) is 5.05. The molecule has 2 bridgehead atoms. The molecule has 2 fully saturated rings. The third kappa shape index (κ3) is 3.01. The zero-order valence-electron chi connectivity index (χ0n) is 17.3. The molecule has 0 amide bonds. The lowest BCUT2D eigenvalue weighted by atomic mass is 9.75. The second-order valence-electron chi connectivity index (χ2n) is 8.04. The molecule has 5 rings (SSSR count). The van der Waals surface area contributed by atoms with Crippen LogP contribution in [-0.2, 0) is 5.41 Å². The number of aromatic nitrogens is 4. The van der Waals surface area contributed by atoms with Crippen LogP contribution in [0.4, 0.5) is 0 Å². The van der Waals surface area contributed by atoms with Crippen molar-refractivity contribution in [2.24, 2.45) is 0 Å². The number of hydrogen-bond acceptors (Lipinski definition) is 7. The number of methoxy groups -OCH3 is 2. The molecule has 2 aliphatic rings. The van der Waals surface area contributed by atoms with Crippen LogP contribution in [0.1, 0.15) is 25.0 Å². The van der Waals surface area contributed by atoms with Crippen molar-refractivity contribution in [3.05, 3.63) is 48.4 Å². The van der Waals surface area contributed by atoms with Gasteiger partial charge in [0.15, 0.2) is 0 Å². The molecule has 7 heteroatoms. The average molecular weight is 403 g/mol. The summed E-state index contributed by atoms with van der Waals surface area (Å²) in [6.07, 6.45) is 6.78. The largest absolute Gasteiger partial charge is 0.496 e. The van der Waals surface area contributed by atoms with Crippen molar-refractivity contribution in [3.8, 4) is 33.9 Å². The highest BCUT2D eigenvalue weighted by Crippen LogP contribution is 2.47. The summed E-state index contributed by atoms with van der Waals surface area (Å²) >= 11 is 0. The van der Waals surface area contributed by atoms with Crippen molar-refractivity contribution in [3.63, 3.8) is 0 Å². The maximum atomic E-state index is 5.70. The van der Waals surface area contributed by atoms with E-state index in [1.807, 2.05) is 30.3 Å². The van der Waals surface area contributed by atoms with Crippen LogP contribution >= 0.6 is 0 Å². The number of benzene rings is 1. The van der Waals surface area contributed by atoms with Gasteiger partial charge < -0.3 is 14.4 Å². The Bertz CT molecular complexity index is 1070. The molecule has 0 aliphatic carbocycles. The Hall–Kier alpha value is -3.06. The minimum absolute atomic E-state index is 0.0185. The molecule has 1 aromatic carbocycles. The monoisotopic (exact) mass is 403 g/mol. The highest BCUT2D eigenvalue weighted by molar-refractivity contribution is 5.88. The van der Waals surface area contributed by atoms with Crippen molar-refractivity contribution in [2.45, 2.75) is 24.7 Å². The highest BCUT2D eigenvalue weighted by atomic mass is 16.5. The average Bonchev–Trinajstić information content (AvgIpc) is 3.12. The standard InChI is InChI=1S/C23H25N5O2/c1-29-18-7-4-3-6-16(18)20-19(30-2)14-25-26-21(20)17-8-11-24-27-22(17)23-9-5-12-28(15-23)13-10-23/h3-4,6-8,11,14H,5,9-10,12-13,15H2,1-2H3. The third-order valence-electron chi connectivity index (χ3n) is 6.45. The first-order valence-electron chi connectivity index (χ1n) is 10.3. The Kier molecular flexibility index (Phi) is 4.83. The minimum Gasteiger partial charge on any atom is -0.496 e. The predicted molar refractivity (Wildman–Crippen MR) is 114 cm³/mol. The number of para-hydroxylation sites is 1. The molecule has 2 aliphatic heterocycles. The van der Waals surface area contributed by atoms with Gasteiger partial charge in [-0.05, 0) is 44.5 Å². The maximum Gasteiger partial charge on any atom is 0.149 e. The van der Waals surface area contributed by atoms with Crippen LogP contribution in [0.2, 0.25) is 0 Å². The summed E-state index contributed by atoms with van der Waals surface area (Å²) in [4.78, 5) is 2.53. The molecule has 2 aromatic heterocycles. The van der Waals surface area contributed by atoms with E-state index in [4.69, 9.17) is 9.47 Å². The summed E-state index contributed by atoms with van der Waals surface area (Å²) in [6, 6.07) is 9.92. The lowest BCUT2D eigenvalue weighted by Gasteiger charge is -2.34. The molecule has 154 valence electrons. The Morgan fingerprint density at radius 1 is 0.900 bits per heavy atom. The van der Waals surface area contributed by atoms with Crippen LogP contribution in [0.15, 0.2) is 42.7 Å². The quantitative estimate of drug-likeness (QED) is 0.647. The second kappa shape index (κ2) is 7.65. The Morgan fingerprint density at radius 3 is 2.63 bits per heavy atom. The summed E-state index contributed by atoms with van der Waals surface area (Å²) in [5, 5.41) is 17.7.